The number of hydrazine groups is 1. The smallest absolute Gasteiger partial charge is 0.243 e. The number of morpholine rings is 1. The largest absolute Gasteiger partial charge is 0.383 e. The highest BCUT2D eigenvalue weighted by atomic mass is 16.5. The van der Waals surface area contributed by atoms with E-state index in [0.717, 1.165) is 13.1 Å². The van der Waals surface area contributed by atoms with Crippen molar-refractivity contribution < 1.29 is 9.47 Å². The molecule has 9 heteroatoms. The average Bonchev–Trinajstić information content (AvgIpc) is 2.48. The first kappa shape index (κ1) is 13.7. The zero-order valence-electron chi connectivity index (χ0n) is 10.9. The molecule has 19 heavy (non-hydrogen) atoms. The summed E-state index contributed by atoms with van der Waals surface area (Å²) in [6.07, 6.45) is 0. The van der Waals surface area contributed by atoms with Crippen LogP contribution >= 0.6 is 0 Å². The van der Waals surface area contributed by atoms with Gasteiger partial charge in [-0.25, -0.2) is 5.84 Å². The van der Waals surface area contributed by atoms with Crippen molar-refractivity contribution in [2.24, 2.45) is 5.84 Å². The second-order valence-corrected chi connectivity index (χ2v) is 3.95. The van der Waals surface area contributed by atoms with Crippen LogP contribution in [0.4, 0.5) is 17.8 Å². The Morgan fingerprint density at radius 1 is 1.26 bits per heavy atom. The summed E-state index contributed by atoms with van der Waals surface area (Å²) >= 11 is 0. The van der Waals surface area contributed by atoms with Crippen molar-refractivity contribution >= 4 is 17.8 Å². The molecule has 1 aromatic heterocycles. The first-order chi connectivity index (χ1) is 9.33. The van der Waals surface area contributed by atoms with E-state index in [-0.39, 0.29) is 0 Å². The monoisotopic (exact) mass is 269 g/mol. The van der Waals surface area contributed by atoms with Crippen LogP contribution in [0.2, 0.25) is 0 Å². The highest BCUT2D eigenvalue weighted by molar-refractivity contribution is 5.43. The minimum atomic E-state index is 0.330. The topological polar surface area (TPSA) is 110 Å². The lowest BCUT2D eigenvalue weighted by Gasteiger charge is -2.27. The number of nitrogens with two attached hydrogens (primary N) is 1. The van der Waals surface area contributed by atoms with E-state index in [1.54, 1.807) is 7.11 Å². The van der Waals surface area contributed by atoms with E-state index in [4.69, 9.17) is 15.3 Å². The molecule has 4 N–H and O–H groups in total. The average molecular weight is 269 g/mol. The Morgan fingerprint density at radius 2 is 2.00 bits per heavy atom. The molecule has 1 aliphatic rings. The zero-order valence-corrected chi connectivity index (χ0v) is 10.9. The molecule has 0 saturated carbocycles. The molecule has 1 saturated heterocycles. The van der Waals surface area contributed by atoms with Crippen molar-refractivity contribution in [3.05, 3.63) is 0 Å². The van der Waals surface area contributed by atoms with Gasteiger partial charge in [-0.15, -0.1) is 0 Å². The summed E-state index contributed by atoms with van der Waals surface area (Å²) < 4.78 is 10.3. The van der Waals surface area contributed by atoms with Gasteiger partial charge in [0.25, 0.3) is 0 Å². The van der Waals surface area contributed by atoms with Crippen molar-refractivity contribution in [3.8, 4) is 0 Å². The molecule has 0 unspecified atom stereocenters. The van der Waals surface area contributed by atoms with E-state index in [0.29, 0.717) is 44.2 Å². The Hall–Kier alpha value is -1.71. The van der Waals surface area contributed by atoms with Crippen LogP contribution in [0.3, 0.4) is 0 Å². The summed E-state index contributed by atoms with van der Waals surface area (Å²) in [6.45, 7) is 4.04. The van der Waals surface area contributed by atoms with E-state index in [9.17, 15) is 0 Å². The Morgan fingerprint density at radius 3 is 2.68 bits per heavy atom. The number of hydrogen-bond acceptors (Lipinski definition) is 9. The molecule has 1 aliphatic heterocycles. The maximum absolute atomic E-state index is 5.37. The van der Waals surface area contributed by atoms with E-state index >= 15 is 0 Å². The first-order valence-electron chi connectivity index (χ1n) is 6.11. The molecular weight excluding hydrogens is 250 g/mol. The van der Waals surface area contributed by atoms with Crippen LogP contribution in [0.25, 0.3) is 0 Å². The van der Waals surface area contributed by atoms with Gasteiger partial charge in [0.2, 0.25) is 17.8 Å². The van der Waals surface area contributed by atoms with E-state index in [1.807, 2.05) is 4.90 Å². The quantitative estimate of drug-likeness (QED) is 0.342. The molecular formula is C10H19N7O2. The molecule has 2 heterocycles. The number of aromatic nitrogens is 3. The van der Waals surface area contributed by atoms with Gasteiger partial charge in [-0.3, -0.25) is 5.43 Å². The Balaban J connectivity index is 2.10. The third-order valence-electron chi connectivity index (χ3n) is 2.64. The fourth-order valence-electron chi connectivity index (χ4n) is 1.68. The maximum Gasteiger partial charge on any atom is 0.243 e. The number of anilines is 3. The Bertz CT molecular complexity index is 397. The van der Waals surface area contributed by atoms with Crippen LogP contribution in [-0.4, -0.2) is 61.5 Å². The van der Waals surface area contributed by atoms with Crippen molar-refractivity contribution in [3.63, 3.8) is 0 Å². The minimum absolute atomic E-state index is 0.330. The molecule has 1 fully saturated rings. The van der Waals surface area contributed by atoms with Gasteiger partial charge < -0.3 is 19.7 Å². The van der Waals surface area contributed by atoms with Gasteiger partial charge in [0.05, 0.1) is 19.8 Å². The molecule has 0 bridgehead atoms. The van der Waals surface area contributed by atoms with E-state index in [1.165, 1.54) is 0 Å². The van der Waals surface area contributed by atoms with Crippen molar-refractivity contribution in [2.45, 2.75) is 0 Å². The number of nitrogen functional groups attached to an aromatic ring is 1. The molecule has 0 aromatic carbocycles. The van der Waals surface area contributed by atoms with Crippen LogP contribution in [0.15, 0.2) is 0 Å². The fourth-order valence-corrected chi connectivity index (χ4v) is 1.68. The van der Waals surface area contributed by atoms with Crippen molar-refractivity contribution in [2.75, 3.05) is 62.2 Å². The van der Waals surface area contributed by atoms with Gasteiger partial charge in [0, 0.05) is 26.7 Å². The number of ether oxygens (including phenoxy) is 2. The summed E-state index contributed by atoms with van der Waals surface area (Å²) in [5, 5.41) is 3.06. The number of hydrogen-bond donors (Lipinski definition) is 3. The second kappa shape index (κ2) is 7.02. The van der Waals surface area contributed by atoms with Crippen LogP contribution in [0.5, 0.6) is 0 Å². The fraction of sp³-hybridized carbons (Fsp3) is 0.700. The normalized spacial score (nSPS) is 15.4. The van der Waals surface area contributed by atoms with Gasteiger partial charge in [0.1, 0.15) is 0 Å². The number of nitrogens with zero attached hydrogens (tertiary/aromatic N) is 4. The molecule has 0 radical (unpaired) electrons. The number of methoxy groups -OCH3 is 1. The lowest BCUT2D eigenvalue weighted by atomic mass is 10.4. The number of rotatable bonds is 6. The van der Waals surface area contributed by atoms with Gasteiger partial charge >= 0.3 is 0 Å². The third kappa shape index (κ3) is 3.88. The van der Waals surface area contributed by atoms with Gasteiger partial charge in [-0.05, 0) is 0 Å². The standard InChI is InChI=1S/C10H19N7O2/c1-18-5-2-12-8-13-9(16-11)15-10(14-8)17-3-6-19-7-4-17/h2-7,11H2,1H3,(H2,12,13,14,15,16). The minimum Gasteiger partial charge on any atom is -0.383 e. The van der Waals surface area contributed by atoms with Crippen molar-refractivity contribution in [1.29, 1.82) is 0 Å². The van der Waals surface area contributed by atoms with Crippen LogP contribution in [0, 0.1) is 0 Å². The van der Waals surface area contributed by atoms with Crippen LogP contribution in [-0.2, 0) is 9.47 Å². The van der Waals surface area contributed by atoms with Crippen molar-refractivity contribution in [1.82, 2.24) is 15.0 Å². The SMILES string of the molecule is COCCNc1nc(NN)nc(N2CCOCC2)n1. The second-order valence-electron chi connectivity index (χ2n) is 3.95. The molecule has 0 spiro atoms. The lowest BCUT2D eigenvalue weighted by Crippen LogP contribution is -2.37. The Kier molecular flexibility index (Phi) is 5.07. The third-order valence-corrected chi connectivity index (χ3v) is 2.64. The highest BCUT2D eigenvalue weighted by Crippen LogP contribution is 2.14. The van der Waals surface area contributed by atoms with Crippen LogP contribution in [0.1, 0.15) is 0 Å². The van der Waals surface area contributed by atoms with Gasteiger partial charge in [-0.2, -0.15) is 15.0 Å². The predicted octanol–water partition coefficient (Wildman–Crippen LogP) is -0.948. The molecule has 1 aromatic rings. The highest BCUT2D eigenvalue weighted by Gasteiger charge is 2.16. The van der Waals surface area contributed by atoms with E-state index < -0.39 is 0 Å². The molecule has 106 valence electrons. The molecule has 0 aliphatic carbocycles. The Labute approximate surface area is 111 Å². The summed E-state index contributed by atoms with van der Waals surface area (Å²) in [5.41, 5.74) is 2.45. The molecule has 0 amide bonds. The van der Waals surface area contributed by atoms with E-state index in [2.05, 4.69) is 25.7 Å². The summed E-state index contributed by atoms with van der Waals surface area (Å²) in [4.78, 5) is 14.8. The zero-order chi connectivity index (χ0) is 13.5. The predicted molar refractivity (Wildman–Crippen MR) is 71.0 cm³/mol. The van der Waals surface area contributed by atoms with Crippen LogP contribution < -0.4 is 21.5 Å². The lowest BCUT2D eigenvalue weighted by molar-refractivity contribution is 0.122. The summed E-state index contributed by atoms with van der Waals surface area (Å²) in [7, 11) is 1.64. The maximum atomic E-state index is 5.37. The molecule has 2 rings (SSSR count). The molecule has 9 nitrogen and oxygen atoms in total. The molecule has 0 atom stereocenters. The van der Waals surface area contributed by atoms with Gasteiger partial charge in [0.15, 0.2) is 0 Å². The first-order valence-corrected chi connectivity index (χ1v) is 6.11. The summed E-state index contributed by atoms with van der Waals surface area (Å²) in [6, 6.07) is 0. The van der Waals surface area contributed by atoms with Gasteiger partial charge in [-0.1, -0.05) is 0 Å². The summed E-state index contributed by atoms with van der Waals surface area (Å²) in [5.74, 6) is 6.77. The number of nitrogens with one attached hydrogen (secondary N) is 2.